The summed E-state index contributed by atoms with van der Waals surface area (Å²) in [6, 6.07) is 0. The molecular formula is C17H26N6O5. The minimum absolute atomic E-state index is 0.172. The third kappa shape index (κ3) is 5.96. The van der Waals surface area contributed by atoms with E-state index in [-0.39, 0.29) is 30.0 Å². The van der Waals surface area contributed by atoms with Gasteiger partial charge in [-0.25, -0.2) is 19.4 Å². The highest BCUT2D eigenvalue weighted by molar-refractivity contribution is 5.73. The molecule has 0 aliphatic rings. The van der Waals surface area contributed by atoms with Crippen molar-refractivity contribution in [2.24, 2.45) is 0 Å². The molecule has 0 aliphatic carbocycles. The third-order valence-corrected chi connectivity index (χ3v) is 3.43. The van der Waals surface area contributed by atoms with Crippen LogP contribution in [-0.4, -0.2) is 57.0 Å². The second kappa shape index (κ2) is 9.20. The summed E-state index contributed by atoms with van der Waals surface area (Å²) in [6.07, 6.45) is 1.20. The summed E-state index contributed by atoms with van der Waals surface area (Å²) in [5, 5.41) is 2.63. The van der Waals surface area contributed by atoms with Gasteiger partial charge < -0.3 is 25.2 Å². The van der Waals surface area contributed by atoms with Crippen LogP contribution in [0.1, 0.15) is 39.9 Å². The Morgan fingerprint density at radius 1 is 1.29 bits per heavy atom. The zero-order valence-corrected chi connectivity index (χ0v) is 16.5. The molecule has 0 saturated carbocycles. The number of esters is 1. The average Bonchev–Trinajstić information content (AvgIpc) is 3.04. The molecule has 1 amide bonds. The number of rotatable bonds is 8. The number of carbonyl (C=O) groups is 2. The number of hydrogen-bond donors (Lipinski definition) is 3. The summed E-state index contributed by atoms with van der Waals surface area (Å²) in [7, 11) is 0. The van der Waals surface area contributed by atoms with Crippen molar-refractivity contribution < 1.29 is 19.1 Å². The second-order valence-electron chi connectivity index (χ2n) is 6.94. The number of hydrogen-bond acceptors (Lipinski definition) is 8. The fraction of sp³-hybridized carbons (Fsp3) is 0.588. The van der Waals surface area contributed by atoms with E-state index in [9.17, 15) is 14.4 Å². The van der Waals surface area contributed by atoms with Crippen LogP contribution in [0.2, 0.25) is 0 Å². The van der Waals surface area contributed by atoms with Crippen LogP contribution in [0.25, 0.3) is 11.2 Å². The SMILES string of the molecule is CCOC(=O)Cc1nc2nc[nH]c2c(=O)n1NCCCNC(=O)OC(C)(C)C. The zero-order valence-electron chi connectivity index (χ0n) is 16.5. The van der Waals surface area contributed by atoms with E-state index in [1.165, 1.54) is 11.0 Å². The molecule has 2 heterocycles. The minimum Gasteiger partial charge on any atom is -0.466 e. The summed E-state index contributed by atoms with van der Waals surface area (Å²) in [6.45, 7) is 7.98. The summed E-state index contributed by atoms with van der Waals surface area (Å²) in [5.74, 6) is -0.297. The first kappa shape index (κ1) is 21.2. The number of nitrogens with one attached hydrogen (secondary N) is 3. The molecular weight excluding hydrogens is 368 g/mol. The van der Waals surface area contributed by atoms with Crippen molar-refractivity contribution in [3.8, 4) is 0 Å². The molecule has 154 valence electrons. The summed E-state index contributed by atoms with van der Waals surface area (Å²) in [4.78, 5) is 47.0. The predicted octanol–water partition coefficient (Wildman–Crippen LogP) is 0.684. The first-order valence-corrected chi connectivity index (χ1v) is 9.02. The van der Waals surface area contributed by atoms with Crippen LogP contribution < -0.4 is 16.3 Å². The fourth-order valence-electron chi connectivity index (χ4n) is 2.34. The lowest BCUT2D eigenvalue weighted by Gasteiger charge is -2.19. The van der Waals surface area contributed by atoms with Crippen LogP contribution in [0.5, 0.6) is 0 Å². The molecule has 3 N–H and O–H groups in total. The van der Waals surface area contributed by atoms with Crippen molar-refractivity contribution in [2.75, 3.05) is 25.1 Å². The van der Waals surface area contributed by atoms with Gasteiger partial charge in [0.1, 0.15) is 17.8 Å². The van der Waals surface area contributed by atoms with E-state index in [0.717, 1.165) is 0 Å². The van der Waals surface area contributed by atoms with Gasteiger partial charge in [-0.1, -0.05) is 0 Å². The molecule has 2 aromatic heterocycles. The van der Waals surface area contributed by atoms with Gasteiger partial charge in [0.25, 0.3) is 5.56 Å². The van der Waals surface area contributed by atoms with E-state index in [1.807, 2.05) is 0 Å². The standard InChI is InChI=1S/C17H26N6O5/c1-5-27-12(24)9-11-22-14-13(19-10-20-14)15(25)23(11)21-8-6-7-18-16(26)28-17(2,3)4/h10,21H,5-9H2,1-4H3,(H,18,26)(H,19,20). The van der Waals surface area contributed by atoms with Crippen molar-refractivity contribution >= 4 is 23.2 Å². The lowest BCUT2D eigenvalue weighted by Crippen LogP contribution is -2.36. The van der Waals surface area contributed by atoms with Gasteiger partial charge in [-0.2, -0.15) is 0 Å². The number of aromatic nitrogens is 4. The maximum atomic E-state index is 12.6. The lowest BCUT2D eigenvalue weighted by atomic mass is 10.2. The quantitative estimate of drug-likeness (QED) is 0.439. The number of aromatic amines is 1. The van der Waals surface area contributed by atoms with Gasteiger partial charge in [-0.3, -0.25) is 9.59 Å². The van der Waals surface area contributed by atoms with Gasteiger partial charge in [0, 0.05) is 13.1 Å². The van der Waals surface area contributed by atoms with Crippen LogP contribution >= 0.6 is 0 Å². The van der Waals surface area contributed by atoms with Crippen LogP contribution in [0.4, 0.5) is 4.79 Å². The Morgan fingerprint density at radius 3 is 2.71 bits per heavy atom. The normalized spacial score (nSPS) is 11.3. The molecule has 2 rings (SSSR count). The van der Waals surface area contributed by atoms with Crippen LogP contribution in [0.15, 0.2) is 11.1 Å². The molecule has 0 atom stereocenters. The van der Waals surface area contributed by atoms with Gasteiger partial charge in [-0.15, -0.1) is 0 Å². The monoisotopic (exact) mass is 394 g/mol. The zero-order chi connectivity index (χ0) is 20.7. The van der Waals surface area contributed by atoms with E-state index in [2.05, 4.69) is 25.7 Å². The third-order valence-electron chi connectivity index (χ3n) is 3.43. The van der Waals surface area contributed by atoms with Gasteiger partial charge in [0.2, 0.25) is 0 Å². The van der Waals surface area contributed by atoms with Crippen LogP contribution in [0, 0.1) is 0 Å². The van der Waals surface area contributed by atoms with Gasteiger partial charge >= 0.3 is 12.1 Å². The Morgan fingerprint density at radius 2 is 2.04 bits per heavy atom. The van der Waals surface area contributed by atoms with Gasteiger partial charge in [-0.05, 0) is 34.1 Å². The molecule has 0 spiro atoms. The Labute approximate surface area is 161 Å². The number of amides is 1. The maximum Gasteiger partial charge on any atom is 0.407 e. The van der Waals surface area contributed by atoms with Crippen molar-refractivity contribution in [3.63, 3.8) is 0 Å². The highest BCUT2D eigenvalue weighted by Crippen LogP contribution is 2.06. The smallest absolute Gasteiger partial charge is 0.407 e. The van der Waals surface area contributed by atoms with Crippen molar-refractivity contribution in [2.45, 2.75) is 46.1 Å². The van der Waals surface area contributed by atoms with Crippen molar-refractivity contribution in [1.29, 1.82) is 0 Å². The molecule has 0 bridgehead atoms. The number of ether oxygens (including phenoxy) is 2. The molecule has 11 nitrogen and oxygen atoms in total. The van der Waals surface area contributed by atoms with Crippen molar-refractivity contribution in [1.82, 2.24) is 24.9 Å². The first-order chi connectivity index (χ1) is 13.2. The number of imidazole rings is 1. The van der Waals surface area contributed by atoms with E-state index in [4.69, 9.17) is 9.47 Å². The topological polar surface area (TPSA) is 140 Å². The Balaban J connectivity index is 2.00. The Kier molecular flexibility index (Phi) is 6.96. The van der Waals surface area contributed by atoms with Crippen LogP contribution in [0.3, 0.4) is 0 Å². The molecule has 0 aliphatic heterocycles. The van der Waals surface area contributed by atoms with Gasteiger partial charge in [0.05, 0.1) is 12.9 Å². The van der Waals surface area contributed by atoms with E-state index in [0.29, 0.717) is 19.5 Å². The summed E-state index contributed by atoms with van der Waals surface area (Å²) in [5.41, 5.74) is 2.42. The molecule has 28 heavy (non-hydrogen) atoms. The van der Waals surface area contributed by atoms with Gasteiger partial charge in [0.15, 0.2) is 11.2 Å². The molecule has 0 aromatic carbocycles. The van der Waals surface area contributed by atoms with Crippen molar-refractivity contribution in [3.05, 3.63) is 22.5 Å². The highest BCUT2D eigenvalue weighted by atomic mass is 16.6. The molecule has 0 fully saturated rings. The molecule has 11 heteroatoms. The van der Waals surface area contributed by atoms with Crippen LogP contribution in [-0.2, 0) is 20.7 Å². The predicted molar refractivity (Wildman–Crippen MR) is 102 cm³/mol. The lowest BCUT2D eigenvalue weighted by molar-refractivity contribution is -0.142. The minimum atomic E-state index is -0.567. The molecule has 0 saturated heterocycles. The maximum absolute atomic E-state index is 12.6. The first-order valence-electron chi connectivity index (χ1n) is 9.02. The van der Waals surface area contributed by atoms with E-state index < -0.39 is 23.2 Å². The van der Waals surface area contributed by atoms with E-state index in [1.54, 1.807) is 27.7 Å². The number of alkyl carbamates (subject to hydrolysis) is 1. The summed E-state index contributed by atoms with van der Waals surface area (Å²) >= 11 is 0. The fourth-order valence-corrected chi connectivity index (χ4v) is 2.34. The Bertz CT molecular complexity index is 882. The van der Waals surface area contributed by atoms with E-state index >= 15 is 0 Å². The largest absolute Gasteiger partial charge is 0.466 e. The number of carbonyl (C=O) groups excluding carboxylic acids is 2. The Hall–Kier alpha value is -3.11. The summed E-state index contributed by atoms with van der Waals surface area (Å²) < 4.78 is 11.3. The highest BCUT2D eigenvalue weighted by Gasteiger charge is 2.17. The average molecular weight is 394 g/mol. The number of H-pyrrole nitrogens is 1. The molecule has 0 radical (unpaired) electrons. The molecule has 2 aromatic rings. The number of fused-ring (bicyclic) bond motifs is 1. The number of nitrogens with zero attached hydrogens (tertiary/aromatic N) is 3. The molecule has 0 unspecified atom stereocenters. The second-order valence-corrected chi connectivity index (χ2v) is 6.94.